The van der Waals surface area contributed by atoms with Crippen molar-refractivity contribution in [2.24, 2.45) is 138 Å². The molecule has 0 spiro atoms. The van der Waals surface area contributed by atoms with Gasteiger partial charge in [-0.05, 0) is 119 Å². The molecule has 652 valence electrons. The zero-order chi connectivity index (χ0) is 89.4. The molecule has 8 unspecified atom stereocenters. The fourth-order valence-corrected chi connectivity index (χ4v) is 16.1. The lowest BCUT2D eigenvalue weighted by Crippen LogP contribution is -2.38. The highest BCUT2D eigenvalue weighted by Gasteiger charge is 2.46. The minimum absolute atomic E-state index is 0.00257. The molecule has 0 fully saturated rings. The number of hydrogen-bond donors (Lipinski definition) is 0. The van der Waals surface area contributed by atoms with Gasteiger partial charge in [-0.15, -0.1) is 0 Å². The van der Waals surface area contributed by atoms with Crippen molar-refractivity contribution in [3.63, 3.8) is 0 Å². The van der Waals surface area contributed by atoms with Gasteiger partial charge in [-0.3, -0.25) is 76.7 Å². The van der Waals surface area contributed by atoms with Crippen LogP contribution in [0.2, 0.25) is 0 Å². The molecule has 0 saturated carbocycles. The van der Waals surface area contributed by atoms with E-state index in [-0.39, 0.29) is 230 Å². The Kier molecular flexibility index (Phi) is 44.0. The summed E-state index contributed by atoms with van der Waals surface area (Å²) in [7, 11) is 1.26. The van der Waals surface area contributed by atoms with Crippen LogP contribution in [-0.4, -0.2) is 99.8 Å². The van der Waals surface area contributed by atoms with Gasteiger partial charge in [0.1, 0.15) is 86.7 Å². The van der Waals surface area contributed by atoms with Gasteiger partial charge < -0.3 is 4.74 Å². The highest BCUT2D eigenvalue weighted by molar-refractivity contribution is 6.02. The van der Waals surface area contributed by atoms with E-state index >= 15 is 0 Å². The molecule has 0 heterocycles. The predicted octanol–water partition coefficient (Wildman–Crippen LogP) is 20.8. The van der Waals surface area contributed by atoms with Gasteiger partial charge in [-0.2, -0.15) is 0 Å². The number of carbonyl (C=O) groups is 16. The zero-order valence-electron chi connectivity index (χ0n) is 78.0. The first kappa shape index (κ1) is 109. The molecule has 0 aliphatic carbocycles. The van der Waals surface area contributed by atoms with E-state index in [0.29, 0.717) is 51.4 Å². The van der Waals surface area contributed by atoms with Crippen LogP contribution in [0.3, 0.4) is 0 Å². The molecule has 0 aromatic heterocycles. The summed E-state index contributed by atoms with van der Waals surface area (Å²) in [5, 5.41) is 0. The van der Waals surface area contributed by atoms with Crippen LogP contribution in [0.5, 0.6) is 0 Å². The number of rotatable bonds is 62. The second-order valence-corrected chi connectivity index (χ2v) is 43.6. The van der Waals surface area contributed by atoms with Gasteiger partial charge in [-0.25, -0.2) is 0 Å². The summed E-state index contributed by atoms with van der Waals surface area (Å²) in [6, 6.07) is 0. The maximum Gasteiger partial charge on any atom is 0.311 e. The van der Waals surface area contributed by atoms with Crippen molar-refractivity contribution in [2.75, 3.05) is 7.11 Å². The maximum absolute atomic E-state index is 14.7. The van der Waals surface area contributed by atoms with Crippen LogP contribution in [0.25, 0.3) is 0 Å². The predicted molar refractivity (Wildman–Crippen MR) is 454 cm³/mol. The third-order valence-electron chi connectivity index (χ3n) is 23.6. The summed E-state index contributed by atoms with van der Waals surface area (Å²) in [4.78, 5) is 227. The summed E-state index contributed by atoms with van der Waals surface area (Å²) in [6.07, 6.45) is 0.504. The van der Waals surface area contributed by atoms with E-state index in [1.54, 1.807) is 111 Å². The van der Waals surface area contributed by atoms with Gasteiger partial charge in [0, 0.05) is 182 Å². The molecular weight excluding hydrogens is 1440 g/mol. The fourth-order valence-electron chi connectivity index (χ4n) is 16.1. The van der Waals surface area contributed by atoms with Gasteiger partial charge in [0.25, 0.3) is 0 Å². The molecule has 0 N–H and O–H groups in total. The molecule has 0 saturated heterocycles. The smallest absolute Gasteiger partial charge is 0.311 e. The van der Waals surface area contributed by atoms with Gasteiger partial charge in [0.15, 0.2) is 0 Å². The number of ether oxygens (including phenoxy) is 1. The van der Waals surface area contributed by atoms with Crippen LogP contribution < -0.4 is 0 Å². The highest BCUT2D eigenvalue weighted by atomic mass is 16.5. The van der Waals surface area contributed by atoms with E-state index < -0.39 is 96.6 Å². The number of methoxy groups -OCH3 is 1. The first-order valence-electron chi connectivity index (χ1n) is 43.3. The highest BCUT2D eigenvalue weighted by Crippen LogP contribution is 2.42. The third kappa shape index (κ3) is 38.1. The second kappa shape index (κ2) is 46.2. The van der Waals surface area contributed by atoms with Crippen molar-refractivity contribution in [1.29, 1.82) is 0 Å². The summed E-state index contributed by atoms with van der Waals surface area (Å²) >= 11 is 0. The molecule has 17 heteroatoms. The van der Waals surface area contributed by atoms with Crippen LogP contribution in [0, 0.1) is 145 Å². The molecule has 0 aromatic carbocycles. The van der Waals surface area contributed by atoms with Crippen molar-refractivity contribution in [3.05, 3.63) is 6.92 Å². The average Bonchev–Trinajstić information content (AvgIpc) is 0.833. The van der Waals surface area contributed by atoms with E-state index in [4.69, 9.17) is 11.7 Å². The van der Waals surface area contributed by atoms with Crippen LogP contribution >= 0.6 is 0 Å². The van der Waals surface area contributed by atoms with Gasteiger partial charge in [-0.1, -0.05) is 208 Å². The SMILES string of the molecule is [CH]C(CC(C)C)C(=O)CC(C)(C)C(=O)CC(CC(C)C)C(=O)CC(C)(C)C(=O)CC(CC(C)C)C(=O)CC(C)(C)C(=O)CC(CC(C)C)C(=O)CC(C)(C)C(=O)CC(CC(C)C)C(=O)CC(C)(C)C(=O)CC(CC(C)C)C(=O)CC(C)(C)C(=O)CC(CC(C)C)C(=O)CC(C)(C)C(=O)CC(CC(C)C)C(=O)CC(C)(C)C(=O)OC. The number of esters is 1. The second-order valence-electron chi connectivity index (χ2n) is 43.6. The fraction of sp³-hybridized carbons (Fsp3) is 0.825. The van der Waals surface area contributed by atoms with Crippen LogP contribution in [-0.2, 0) is 81.4 Å². The molecule has 0 amide bonds. The monoisotopic (exact) mass is 1600 g/mol. The number of hydrogen-bond acceptors (Lipinski definition) is 17. The average molecular weight is 1600 g/mol. The van der Waals surface area contributed by atoms with Crippen molar-refractivity contribution in [1.82, 2.24) is 0 Å². The Labute approximate surface area is 691 Å². The van der Waals surface area contributed by atoms with E-state index in [1.807, 2.05) is 111 Å². The Bertz CT molecular complexity index is 3310. The lowest BCUT2D eigenvalue weighted by atomic mass is 9.70. The molecule has 17 nitrogen and oxygen atoms in total. The van der Waals surface area contributed by atoms with Crippen molar-refractivity contribution in [2.45, 2.75) is 369 Å². The molecule has 8 atom stereocenters. The standard InChI is InChI=1S/C97H162O17/c1-58(2)35-66(17)74(98)50-90(18,19)82(106)43-67(36-59(3)4)75(99)51-91(20,21)83(107)44-68(37-60(5)6)76(100)52-92(22,23)84(108)45-69(38-61(7)8)77(101)53-93(24,25)85(109)46-70(39-62(9)10)78(102)54-94(26,27)86(110)47-71(40-63(11)12)79(103)55-95(28,29)87(111)48-72(41-64(13)14)80(104)56-96(30,31)88(112)49-73(42-65(15)16)81(105)57-97(32,33)89(113)114-34/h17,58-73H,35-57H2,1-16,18-34H3. The maximum atomic E-state index is 14.7. The minimum atomic E-state index is -1.28. The van der Waals surface area contributed by atoms with Crippen molar-refractivity contribution < 1.29 is 81.4 Å². The van der Waals surface area contributed by atoms with Crippen LogP contribution in [0.1, 0.15) is 369 Å². The van der Waals surface area contributed by atoms with E-state index in [2.05, 4.69) is 0 Å². The molecule has 0 aromatic rings. The van der Waals surface area contributed by atoms with E-state index in [0.717, 1.165) is 0 Å². The molecular formula is C97H162O17. The first-order chi connectivity index (χ1) is 51.5. The summed E-state index contributed by atoms with van der Waals surface area (Å²) < 4.78 is 4.93. The molecule has 114 heavy (non-hydrogen) atoms. The van der Waals surface area contributed by atoms with Crippen molar-refractivity contribution in [3.8, 4) is 0 Å². The largest absolute Gasteiger partial charge is 0.469 e. The number of ketones is 15. The first-order valence-corrected chi connectivity index (χ1v) is 43.3. The number of carbonyl (C=O) groups excluding carboxylic acids is 16. The van der Waals surface area contributed by atoms with Crippen LogP contribution in [0.15, 0.2) is 0 Å². The van der Waals surface area contributed by atoms with Crippen LogP contribution in [0.4, 0.5) is 0 Å². The Hall–Kier alpha value is -5.48. The Morgan fingerprint density at radius 3 is 0.456 bits per heavy atom. The summed E-state index contributed by atoms with van der Waals surface area (Å²) in [6.45, 7) is 64.1. The van der Waals surface area contributed by atoms with Gasteiger partial charge >= 0.3 is 5.97 Å². The third-order valence-corrected chi connectivity index (χ3v) is 23.6. The summed E-state index contributed by atoms with van der Waals surface area (Å²) in [5.74, 6) is -10.6. The van der Waals surface area contributed by atoms with E-state index in [9.17, 15) is 76.7 Å². The summed E-state index contributed by atoms with van der Waals surface area (Å²) in [5.41, 5.74) is -9.61. The molecule has 2 radical (unpaired) electrons. The molecule has 0 aliphatic heterocycles. The minimum Gasteiger partial charge on any atom is -0.469 e. The Balaban J connectivity index is 6.62. The Morgan fingerprint density at radius 1 is 0.211 bits per heavy atom. The normalized spacial score (nSPS) is 15.2. The Morgan fingerprint density at radius 2 is 0.333 bits per heavy atom. The zero-order valence-corrected chi connectivity index (χ0v) is 78.0. The lowest BCUT2D eigenvalue weighted by Gasteiger charge is -2.32. The van der Waals surface area contributed by atoms with Gasteiger partial charge in [0.05, 0.1) is 12.5 Å². The molecule has 0 rings (SSSR count). The lowest BCUT2D eigenvalue weighted by molar-refractivity contribution is -0.153. The van der Waals surface area contributed by atoms with E-state index in [1.165, 1.54) is 7.11 Å². The molecule has 0 bridgehead atoms. The topological polar surface area (TPSA) is 282 Å². The van der Waals surface area contributed by atoms with Gasteiger partial charge in [0.2, 0.25) is 0 Å². The molecule has 0 aliphatic rings. The quantitative estimate of drug-likeness (QED) is 0.0511. The van der Waals surface area contributed by atoms with Crippen molar-refractivity contribution >= 4 is 92.7 Å². The number of Topliss-reactive ketones (excluding diaryl/α,β-unsaturated/α-hetero) is 15.